The highest BCUT2D eigenvalue weighted by Gasteiger charge is 2.25. The fourth-order valence-corrected chi connectivity index (χ4v) is 3.84. The number of hydrogen-bond acceptors (Lipinski definition) is 6. The highest BCUT2D eigenvalue weighted by molar-refractivity contribution is 6.32. The summed E-state index contributed by atoms with van der Waals surface area (Å²) >= 11 is 6.16. The van der Waals surface area contributed by atoms with Crippen molar-refractivity contribution < 1.29 is 28.6 Å². The third-order valence-corrected chi connectivity index (χ3v) is 6.09. The lowest BCUT2D eigenvalue weighted by Crippen LogP contribution is -2.47. The molecule has 0 unspecified atom stereocenters. The summed E-state index contributed by atoms with van der Waals surface area (Å²) in [5, 5.41) is 3.67. The summed E-state index contributed by atoms with van der Waals surface area (Å²) in [6.45, 7) is 6.67. The Morgan fingerprint density at radius 2 is 1.65 bits per heavy atom. The number of nitrogens with zero attached hydrogens (tertiary/aromatic N) is 1. The maximum Gasteiger partial charge on any atom is 0.513 e. The molecule has 0 radical (unpaired) electrons. The van der Waals surface area contributed by atoms with E-state index in [1.54, 1.807) is 36.1 Å². The second-order valence-corrected chi connectivity index (χ2v) is 8.48. The second-order valence-electron chi connectivity index (χ2n) is 8.10. The van der Waals surface area contributed by atoms with Crippen molar-refractivity contribution in [2.24, 2.45) is 0 Å². The van der Waals surface area contributed by atoms with E-state index in [1.807, 2.05) is 26.0 Å². The molecule has 0 aliphatic carbocycles. The van der Waals surface area contributed by atoms with Crippen LogP contribution in [0.4, 0.5) is 4.79 Å². The standard InChI is InChI=1S/C25H29ClN2O6/c1-4-32-25(31)34-20-7-5-18(6-8-20)24(30)28-11-9-19(10-12-28)27-22(29)15-33-21-13-16(2)23(26)17(3)14-21/h5-8,13-14,19H,4,9-12,15H2,1-3H3,(H,27,29). The lowest BCUT2D eigenvalue weighted by molar-refractivity contribution is -0.124. The number of nitrogens with one attached hydrogen (secondary N) is 1. The molecule has 0 saturated carbocycles. The van der Waals surface area contributed by atoms with E-state index in [1.165, 1.54) is 0 Å². The van der Waals surface area contributed by atoms with Crippen molar-refractivity contribution in [1.82, 2.24) is 10.2 Å². The number of rotatable bonds is 7. The number of halogens is 1. The first kappa shape index (κ1) is 25.4. The van der Waals surface area contributed by atoms with Gasteiger partial charge in [0.05, 0.1) is 6.61 Å². The number of ether oxygens (including phenoxy) is 3. The van der Waals surface area contributed by atoms with Crippen LogP contribution >= 0.6 is 11.6 Å². The van der Waals surface area contributed by atoms with Gasteiger partial charge in [-0.15, -0.1) is 0 Å². The van der Waals surface area contributed by atoms with Gasteiger partial charge in [0.25, 0.3) is 11.8 Å². The lowest BCUT2D eigenvalue weighted by Gasteiger charge is -2.32. The first-order valence-electron chi connectivity index (χ1n) is 11.2. The van der Waals surface area contributed by atoms with Crippen LogP contribution < -0.4 is 14.8 Å². The van der Waals surface area contributed by atoms with Crippen molar-refractivity contribution in [1.29, 1.82) is 0 Å². The molecule has 1 saturated heterocycles. The van der Waals surface area contributed by atoms with Crippen molar-refractivity contribution in [3.05, 3.63) is 58.1 Å². The fraction of sp³-hybridized carbons (Fsp3) is 0.400. The highest BCUT2D eigenvalue weighted by atomic mass is 35.5. The van der Waals surface area contributed by atoms with Crippen LogP contribution in [0.3, 0.4) is 0 Å². The molecule has 2 aromatic carbocycles. The van der Waals surface area contributed by atoms with Gasteiger partial charge >= 0.3 is 6.16 Å². The quantitative estimate of drug-likeness (QED) is 0.461. The molecule has 2 amide bonds. The Morgan fingerprint density at radius 1 is 1.03 bits per heavy atom. The van der Waals surface area contributed by atoms with Crippen LogP contribution in [0.2, 0.25) is 5.02 Å². The largest absolute Gasteiger partial charge is 0.513 e. The van der Waals surface area contributed by atoms with E-state index < -0.39 is 6.16 Å². The Labute approximate surface area is 204 Å². The molecular formula is C25H29ClN2O6. The number of carbonyl (C=O) groups excluding carboxylic acids is 3. The van der Waals surface area contributed by atoms with Gasteiger partial charge in [0.15, 0.2) is 6.61 Å². The van der Waals surface area contributed by atoms with Crippen molar-refractivity contribution in [2.75, 3.05) is 26.3 Å². The van der Waals surface area contributed by atoms with E-state index in [2.05, 4.69) is 5.32 Å². The maximum absolute atomic E-state index is 12.8. The molecule has 1 fully saturated rings. The molecule has 0 atom stereocenters. The number of amides is 2. The predicted molar refractivity (Wildman–Crippen MR) is 128 cm³/mol. The molecule has 8 nitrogen and oxygen atoms in total. The van der Waals surface area contributed by atoms with Gasteiger partial charge in [0, 0.05) is 29.7 Å². The van der Waals surface area contributed by atoms with Crippen molar-refractivity contribution in [3.63, 3.8) is 0 Å². The van der Waals surface area contributed by atoms with Crippen LogP contribution in [-0.4, -0.2) is 55.2 Å². The average Bonchev–Trinajstić information content (AvgIpc) is 2.82. The number of likely N-dealkylation sites (tertiary alicyclic amines) is 1. The average molecular weight is 489 g/mol. The molecule has 182 valence electrons. The Morgan fingerprint density at radius 3 is 2.24 bits per heavy atom. The van der Waals surface area contributed by atoms with Crippen LogP contribution in [0.5, 0.6) is 11.5 Å². The SMILES string of the molecule is CCOC(=O)Oc1ccc(C(=O)N2CCC(NC(=O)COc3cc(C)c(Cl)c(C)c3)CC2)cc1. The van der Waals surface area contributed by atoms with Gasteiger partial charge < -0.3 is 24.4 Å². The third kappa shape index (κ3) is 6.87. The van der Waals surface area contributed by atoms with E-state index in [9.17, 15) is 14.4 Å². The van der Waals surface area contributed by atoms with Crippen LogP contribution in [0.15, 0.2) is 36.4 Å². The number of piperidine rings is 1. The van der Waals surface area contributed by atoms with Crippen LogP contribution in [0.25, 0.3) is 0 Å². The first-order valence-corrected chi connectivity index (χ1v) is 11.6. The van der Waals surface area contributed by atoms with E-state index in [0.717, 1.165) is 11.1 Å². The predicted octanol–water partition coefficient (Wildman–Crippen LogP) is 4.29. The number of carbonyl (C=O) groups is 3. The van der Waals surface area contributed by atoms with E-state index in [4.69, 9.17) is 25.8 Å². The second kappa shape index (κ2) is 11.7. The summed E-state index contributed by atoms with van der Waals surface area (Å²) < 4.78 is 15.4. The molecular weight excluding hydrogens is 460 g/mol. The number of hydrogen-bond donors (Lipinski definition) is 1. The summed E-state index contributed by atoms with van der Waals surface area (Å²) in [4.78, 5) is 38.2. The van der Waals surface area contributed by atoms with Crippen molar-refractivity contribution in [3.8, 4) is 11.5 Å². The topological polar surface area (TPSA) is 94.2 Å². The Hall–Kier alpha value is -3.26. The van der Waals surface area contributed by atoms with E-state index in [0.29, 0.717) is 48.0 Å². The molecule has 1 aliphatic rings. The van der Waals surface area contributed by atoms with Crippen LogP contribution in [0, 0.1) is 13.8 Å². The number of benzene rings is 2. The zero-order chi connectivity index (χ0) is 24.7. The molecule has 0 aromatic heterocycles. The molecule has 2 aromatic rings. The van der Waals surface area contributed by atoms with Gasteiger partial charge in [0.1, 0.15) is 11.5 Å². The molecule has 3 rings (SSSR count). The summed E-state index contributed by atoms with van der Waals surface area (Å²) in [5.74, 6) is 0.604. The van der Waals surface area contributed by atoms with Crippen LogP contribution in [-0.2, 0) is 9.53 Å². The first-order chi connectivity index (χ1) is 16.3. The monoisotopic (exact) mass is 488 g/mol. The molecule has 1 heterocycles. The summed E-state index contributed by atoms with van der Waals surface area (Å²) in [6, 6.07) is 9.94. The van der Waals surface area contributed by atoms with Crippen molar-refractivity contribution >= 4 is 29.6 Å². The molecule has 1 N–H and O–H groups in total. The van der Waals surface area contributed by atoms with Crippen LogP contribution in [0.1, 0.15) is 41.3 Å². The number of aryl methyl sites for hydroxylation is 2. The maximum atomic E-state index is 12.8. The molecule has 0 bridgehead atoms. The minimum atomic E-state index is -0.783. The Balaban J connectivity index is 1.43. The van der Waals surface area contributed by atoms with Gasteiger partial charge in [-0.1, -0.05) is 11.6 Å². The Kier molecular flexibility index (Phi) is 8.76. The van der Waals surface area contributed by atoms with Gasteiger partial charge in [-0.25, -0.2) is 4.79 Å². The van der Waals surface area contributed by atoms with Gasteiger partial charge in [0.2, 0.25) is 0 Å². The van der Waals surface area contributed by atoms with Gasteiger partial charge in [-0.05, 0) is 81.1 Å². The van der Waals surface area contributed by atoms with Crippen molar-refractivity contribution in [2.45, 2.75) is 39.7 Å². The summed E-state index contributed by atoms with van der Waals surface area (Å²) in [7, 11) is 0. The third-order valence-electron chi connectivity index (χ3n) is 5.49. The molecule has 0 spiro atoms. The molecule has 9 heteroatoms. The zero-order valence-electron chi connectivity index (χ0n) is 19.6. The van der Waals surface area contributed by atoms with E-state index >= 15 is 0 Å². The van der Waals surface area contributed by atoms with Gasteiger partial charge in [-0.2, -0.15) is 0 Å². The smallest absolute Gasteiger partial charge is 0.484 e. The summed E-state index contributed by atoms with van der Waals surface area (Å²) in [5.41, 5.74) is 2.30. The normalized spacial score (nSPS) is 13.8. The summed E-state index contributed by atoms with van der Waals surface area (Å²) in [6.07, 6.45) is 0.524. The fourth-order valence-electron chi connectivity index (χ4n) is 3.73. The Bertz CT molecular complexity index is 1010. The lowest BCUT2D eigenvalue weighted by atomic mass is 10.0. The minimum absolute atomic E-state index is 0.0193. The highest BCUT2D eigenvalue weighted by Crippen LogP contribution is 2.26. The molecule has 34 heavy (non-hydrogen) atoms. The van der Waals surface area contributed by atoms with E-state index in [-0.39, 0.29) is 31.1 Å². The molecule has 1 aliphatic heterocycles. The minimum Gasteiger partial charge on any atom is -0.484 e. The van der Waals surface area contributed by atoms with Gasteiger partial charge in [-0.3, -0.25) is 9.59 Å². The zero-order valence-corrected chi connectivity index (χ0v) is 20.3.